The zero-order chi connectivity index (χ0) is 12.9. The first-order valence-electron chi connectivity index (χ1n) is 4.91. The third-order valence-electron chi connectivity index (χ3n) is 2.01. The van der Waals surface area contributed by atoms with Crippen LogP contribution in [-0.4, -0.2) is 35.2 Å². The largest absolute Gasteiger partial charge is 0.480 e. The highest BCUT2D eigenvalue weighted by molar-refractivity contribution is 5.69. The van der Waals surface area contributed by atoms with Gasteiger partial charge in [0.1, 0.15) is 0 Å². The monoisotopic (exact) mass is 247 g/mol. The molecule has 0 aliphatic heterocycles. The van der Waals surface area contributed by atoms with E-state index in [1.54, 1.807) is 30.3 Å². The van der Waals surface area contributed by atoms with E-state index in [-0.39, 0.29) is 6.54 Å². The highest BCUT2D eigenvalue weighted by Gasteiger charge is 2.31. The van der Waals surface area contributed by atoms with Gasteiger partial charge in [-0.1, -0.05) is 30.3 Å². The van der Waals surface area contributed by atoms with Crippen LogP contribution in [0.2, 0.25) is 0 Å². The Morgan fingerprint density at radius 1 is 1.24 bits per heavy atom. The van der Waals surface area contributed by atoms with Crippen molar-refractivity contribution in [3.63, 3.8) is 0 Å². The van der Waals surface area contributed by atoms with Crippen molar-refractivity contribution in [2.75, 3.05) is 13.1 Å². The molecule has 0 amide bonds. The number of halogens is 3. The van der Waals surface area contributed by atoms with Crippen LogP contribution in [0.1, 0.15) is 5.56 Å². The van der Waals surface area contributed by atoms with Crippen LogP contribution < -0.4 is 0 Å². The molecule has 0 atom stereocenters. The standard InChI is InChI=1S/C11H12F3NO2/c12-11(13,14)8-15(7-10(16)17)6-9-4-2-1-3-5-9/h1-5H,6-8H2,(H,16,17). The molecule has 0 fully saturated rings. The fourth-order valence-corrected chi connectivity index (χ4v) is 1.45. The number of carboxylic acid groups (broad SMARTS) is 1. The number of benzene rings is 1. The fourth-order valence-electron chi connectivity index (χ4n) is 1.45. The van der Waals surface area contributed by atoms with E-state index in [4.69, 9.17) is 5.11 Å². The van der Waals surface area contributed by atoms with E-state index in [0.29, 0.717) is 5.56 Å². The molecule has 94 valence electrons. The Balaban J connectivity index is 2.67. The summed E-state index contributed by atoms with van der Waals surface area (Å²) in [5.74, 6) is -1.27. The van der Waals surface area contributed by atoms with Gasteiger partial charge in [-0.15, -0.1) is 0 Å². The van der Waals surface area contributed by atoms with Gasteiger partial charge in [-0.2, -0.15) is 13.2 Å². The molecule has 0 bridgehead atoms. The lowest BCUT2D eigenvalue weighted by molar-refractivity contribution is -0.154. The van der Waals surface area contributed by atoms with Crippen molar-refractivity contribution >= 4 is 5.97 Å². The van der Waals surface area contributed by atoms with Crippen molar-refractivity contribution in [3.05, 3.63) is 35.9 Å². The summed E-state index contributed by atoms with van der Waals surface area (Å²) >= 11 is 0. The maximum atomic E-state index is 12.2. The first-order valence-corrected chi connectivity index (χ1v) is 4.91. The van der Waals surface area contributed by atoms with Gasteiger partial charge in [0, 0.05) is 6.54 Å². The van der Waals surface area contributed by atoms with Gasteiger partial charge in [0.05, 0.1) is 13.1 Å². The minimum absolute atomic E-state index is 0.0351. The number of hydrogen-bond acceptors (Lipinski definition) is 2. The number of alkyl halides is 3. The summed E-state index contributed by atoms with van der Waals surface area (Å²) in [6.45, 7) is -1.89. The number of aliphatic carboxylic acids is 1. The van der Waals surface area contributed by atoms with E-state index in [0.717, 1.165) is 4.90 Å². The Kier molecular flexibility index (Phi) is 4.51. The summed E-state index contributed by atoms with van der Waals surface area (Å²) < 4.78 is 36.7. The summed E-state index contributed by atoms with van der Waals surface area (Å²) in [5, 5.41) is 8.55. The Bertz CT molecular complexity index is 365. The van der Waals surface area contributed by atoms with Crippen LogP contribution in [0, 0.1) is 0 Å². The maximum absolute atomic E-state index is 12.2. The quantitative estimate of drug-likeness (QED) is 0.866. The highest BCUT2D eigenvalue weighted by atomic mass is 19.4. The van der Waals surface area contributed by atoms with Gasteiger partial charge in [-0.05, 0) is 5.56 Å². The third-order valence-corrected chi connectivity index (χ3v) is 2.01. The molecule has 0 aliphatic carbocycles. The van der Waals surface area contributed by atoms with Crippen LogP contribution in [0.25, 0.3) is 0 Å². The molecule has 0 unspecified atom stereocenters. The summed E-state index contributed by atoms with van der Waals surface area (Å²) in [5.41, 5.74) is 0.651. The fraction of sp³-hybridized carbons (Fsp3) is 0.364. The number of hydrogen-bond donors (Lipinski definition) is 1. The molecular formula is C11H12F3NO2. The number of carboxylic acids is 1. The van der Waals surface area contributed by atoms with Gasteiger partial charge < -0.3 is 5.11 Å². The molecule has 1 N–H and O–H groups in total. The molecule has 17 heavy (non-hydrogen) atoms. The minimum Gasteiger partial charge on any atom is -0.480 e. The molecule has 0 aromatic heterocycles. The zero-order valence-electron chi connectivity index (χ0n) is 8.94. The van der Waals surface area contributed by atoms with Crippen molar-refractivity contribution in [1.29, 1.82) is 0 Å². The van der Waals surface area contributed by atoms with Gasteiger partial charge in [0.25, 0.3) is 0 Å². The van der Waals surface area contributed by atoms with E-state index in [2.05, 4.69) is 0 Å². The molecular weight excluding hydrogens is 235 g/mol. The molecule has 1 rings (SSSR count). The maximum Gasteiger partial charge on any atom is 0.401 e. The van der Waals surface area contributed by atoms with Crippen molar-refractivity contribution in [2.45, 2.75) is 12.7 Å². The van der Waals surface area contributed by atoms with Crippen molar-refractivity contribution < 1.29 is 23.1 Å². The SMILES string of the molecule is O=C(O)CN(Cc1ccccc1)CC(F)(F)F. The highest BCUT2D eigenvalue weighted by Crippen LogP contribution is 2.17. The van der Waals surface area contributed by atoms with Crippen molar-refractivity contribution in [2.24, 2.45) is 0 Å². The molecule has 1 aromatic rings. The lowest BCUT2D eigenvalue weighted by Gasteiger charge is -2.21. The van der Waals surface area contributed by atoms with Crippen LogP contribution in [-0.2, 0) is 11.3 Å². The van der Waals surface area contributed by atoms with Crippen molar-refractivity contribution in [1.82, 2.24) is 4.90 Å². The van der Waals surface area contributed by atoms with Gasteiger partial charge in [-0.3, -0.25) is 9.69 Å². The van der Waals surface area contributed by atoms with Crippen molar-refractivity contribution in [3.8, 4) is 0 Å². The second kappa shape index (κ2) is 5.67. The van der Waals surface area contributed by atoms with Gasteiger partial charge in [0.2, 0.25) is 0 Å². The second-order valence-corrected chi connectivity index (χ2v) is 3.64. The van der Waals surface area contributed by atoms with Crippen LogP contribution >= 0.6 is 0 Å². The molecule has 0 saturated heterocycles. The first-order chi connectivity index (χ1) is 7.87. The number of nitrogens with zero attached hydrogens (tertiary/aromatic N) is 1. The van der Waals surface area contributed by atoms with E-state index < -0.39 is 25.2 Å². The molecule has 0 saturated carbocycles. The topological polar surface area (TPSA) is 40.5 Å². The molecule has 6 heteroatoms. The summed E-state index contributed by atoms with van der Waals surface area (Å²) in [7, 11) is 0. The van der Waals surface area contributed by atoms with Crippen LogP contribution in [0.5, 0.6) is 0 Å². The third kappa shape index (κ3) is 5.91. The zero-order valence-corrected chi connectivity index (χ0v) is 8.94. The predicted molar refractivity (Wildman–Crippen MR) is 55.4 cm³/mol. The molecule has 0 heterocycles. The van der Waals surface area contributed by atoms with Crippen LogP contribution in [0.3, 0.4) is 0 Å². The molecule has 3 nitrogen and oxygen atoms in total. The van der Waals surface area contributed by atoms with E-state index in [1.807, 2.05) is 0 Å². The normalized spacial score (nSPS) is 11.8. The second-order valence-electron chi connectivity index (χ2n) is 3.64. The van der Waals surface area contributed by atoms with Gasteiger partial charge in [0.15, 0.2) is 0 Å². The van der Waals surface area contributed by atoms with Crippen LogP contribution in [0.4, 0.5) is 13.2 Å². The number of rotatable bonds is 5. The Labute approximate surface area is 96.5 Å². The van der Waals surface area contributed by atoms with E-state index in [1.165, 1.54) is 0 Å². The predicted octanol–water partition coefficient (Wildman–Crippen LogP) is 2.14. The summed E-state index contributed by atoms with van der Waals surface area (Å²) in [6.07, 6.45) is -4.40. The Morgan fingerprint density at radius 3 is 2.29 bits per heavy atom. The van der Waals surface area contributed by atoms with Crippen LogP contribution in [0.15, 0.2) is 30.3 Å². The molecule has 1 aromatic carbocycles. The smallest absolute Gasteiger partial charge is 0.401 e. The average molecular weight is 247 g/mol. The summed E-state index contributed by atoms with van der Waals surface area (Å²) in [4.78, 5) is 11.3. The molecule has 0 aliphatic rings. The average Bonchev–Trinajstić information content (AvgIpc) is 2.15. The van der Waals surface area contributed by atoms with Gasteiger partial charge >= 0.3 is 12.1 Å². The minimum atomic E-state index is -4.40. The molecule has 0 spiro atoms. The Hall–Kier alpha value is -1.56. The lowest BCUT2D eigenvalue weighted by atomic mass is 10.2. The van der Waals surface area contributed by atoms with E-state index >= 15 is 0 Å². The number of carbonyl (C=O) groups is 1. The molecule has 0 radical (unpaired) electrons. The van der Waals surface area contributed by atoms with Gasteiger partial charge in [-0.25, -0.2) is 0 Å². The summed E-state index contributed by atoms with van der Waals surface area (Å²) in [6, 6.07) is 8.45. The van der Waals surface area contributed by atoms with E-state index in [9.17, 15) is 18.0 Å². The Morgan fingerprint density at radius 2 is 1.82 bits per heavy atom. The first kappa shape index (κ1) is 13.5. The lowest BCUT2D eigenvalue weighted by Crippen LogP contribution is -2.37.